The second-order valence-electron chi connectivity index (χ2n) is 7.33. The van der Waals surface area contributed by atoms with Crippen molar-refractivity contribution in [3.8, 4) is 5.82 Å². The van der Waals surface area contributed by atoms with Crippen molar-refractivity contribution in [2.45, 2.75) is 25.4 Å². The number of aliphatic hydroxyl groups is 1. The molecule has 4 rings (SSSR count). The van der Waals surface area contributed by atoms with Crippen molar-refractivity contribution in [1.82, 2.24) is 19.9 Å². The molecule has 1 fully saturated rings. The van der Waals surface area contributed by atoms with Gasteiger partial charge in [0.05, 0.1) is 30.9 Å². The first-order valence-electron chi connectivity index (χ1n) is 9.97. The van der Waals surface area contributed by atoms with Crippen molar-refractivity contribution < 1.29 is 14.6 Å². The molecule has 2 atom stereocenters. The van der Waals surface area contributed by atoms with Crippen LogP contribution in [0.15, 0.2) is 55.0 Å². The van der Waals surface area contributed by atoms with Gasteiger partial charge in [-0.2, -0.15) is 4.98 Å². The van der Waals surface area contributed by atoms with Crippen molar-refractivity contribution in [3.05, 3.63) is 71.7 Å². The molecule has 2 unspecified atom stereocenters. The standard InChI is InChI=1S/C22H25N5O3/c1-15-11-23-22(24-18-8-10-30-14-18)26-20(15)27-9-7-17(12-27)21(29)25-19(13-28)16-5-3-2-4-6-16/h2-7,9,11-12,18-19,28H,8,10,13-14H2,1H3,(H,25,29)(H,23,24,26). The number of aryl methyl sites for hydroxylation is 1. The van der Waals surface area contributed by atoms with Gasteiger partial charge in [-0.25, -0.2) is 4.98 Å². The molecule has 3 heterocycles. The van der Waals surface area contributed by atoms with Gasteiger partial charge in [0.2, 0.25) is 5.95 Å². The second-order valence-corrected chi connectivity index (χ2v) is 7.33. The van der Waals surface area contributed by atoms with Crippen LogP contribution >= 0.6 is 0 Å². The van der Waals surface area contributed by atoms with Gasteiger partial charge >= 0.3 is 0 Å². The van der Waals surface area contributed by atoms with Gasteiger partial charge in [-0.15, -0.1) is 0 Å². The fourth-order valence-electron chi connectivity index (χ4n) is 3.42. The number of nitrogens with zero attached hydrogens (tertiary/aromatic N) is 3. The van der Waals surface area contributed by atoms with Gasteiger partial charge in [-0.3, -0.25) is 4.79 Å². The van der Waals surface area contributed by atoms with E-state index in [0.29, 0.717) is 23.9 Å². The van der Waals surface area contributed by atoms with Crippen LogP contribution in [-0.2, 0) is 4.74 Å². The average molecular weight is 407 g/mol. The van der Waals surface area contributed by atoms with E-state index in [-0.39, 0.29) is 18.6 Å². The molecule has 2 aromatic heterocycles. The van der Waals surface area contributed by atoms with Crippen LogP contribution in [0.5, 0.6) is 0 Å². The lowest BCUT2D eigenvalue weighted by Crippen LogP contribution is -2.30. The Balaban J connectivity index is 1.50. The Morgan fingerprint density at radius 3 is 2.90 bits per heavy atom. The molecule has 3 aromatic rings. The van der Waals surface area contributed by atoms with Gasteiger partial charge in [-0.1, -0.05) is 30.3 Å². The summed E-state index contributed by atoms with van der Waals surface area (Å²) in [5, 5.41) is 15.9. The topological polar surface area (TPSA) is 101 Å². The number of ether oxygens (including phenoxy) is 1. The van der Waals surface area contributed by atoms with Gasteiger partial charge in [0.1, 0.15) is 5.82 Å². The molecule has 1 aromatic carbocycles. The third kappa shape index (κ3) is 4.50. The molecule has 1 aliphatic heterocycles. The summed E-state index contributed by atoms with van der Waals surface area (Å²) < 4.78 is 7.19. The number of amides is 1. The summed E-state index contributed by atoms with van der Waals surface area (Å²) in [7, 11) is 0. The molecule has 0 bridgehead atoms. The van der Waals surface area contributed by atoms with Crippen molar-refractivity contribution in [2.75, 3.05) is 25.1 Å². The number of nitrogens with one attached hydrogen (secondary N) is 2. The average Bonchev–Trinajstić information content (AvgIpc) is 3.46. The predicted molar refractivity (Wildman–Crippen MR) is 113 cm³/mol. The van der Waals surface area contributed by atoms with E-state index in [0.717, 1.165) is 24.2 Å². The van der Waals surface area contributed by atoms with E-state index in [2.05, 4.69) is 20.6 Å². The predicted octanol–water partition coefficient (Wildman–Crippen LogP) is 2.24. The van der Waals surface area contributed by atoms with Crippen molar-refractivity contribution >= 4 is 11.9 Å². The number of hydrogen-bond donors (Lipinski definition) is 3. The highest BCUT2D eigenvalue weighted by Gasteiger charge is 2.18. The van der Waals surface area contributed by atoms with Crippen LogP contribution in [0.4, 0.5) is 5.95 Å². The molecule has 30 heavy (non-hydrogen) atoms. The Hall–Kier alpha value is -3.23. The first-order valence-corrected chi connectivity index (χ1v) is 9.97. The molecule has 8 heteroatoms. The van der Waals surface area contributed by atoms with Gasteiger partial charge in [-0.05, 0) is 25.0 Å². The minimum atomic E-state index is -0.465. The van der Waals surface area contributed by atoms with Crippen LogP contribution in [0.1, 0.15) is 33.9 Å². The Kier molecular flexibility index (Phi) is 6.06. The SMILES string of the molecule is Cc1cnc(NC2CCOC2)nc1-n1ccc(C(=O)NC(CO)c2ccccc2)c1. The van der Waals surface area contributed by atoms with Crippen LogP contribution in [-0.4, -0.2) is 51.4 Å². The van der Waals surface area contributed by atoms with E-state index in [1.807, 2.05) is 37.3 Å². The van der Waals surface area contributed by atoms with Crippen molar-refractivity contribution in [1.29, 1.82) is 0 Å². The van der Waals surface area contributed by atoms with Gasteiger partial charge in [0.15, 0.2) is 0 Å². The molecule has 1 amide bonds. The first-order chi connectivity index (χ1) is 14.6. The maximum Gasteiger partial charge on any atom is 0.253 e. The Morgan fingerprint density at radius 1 is 1.33 bits per heavy atom. The molecular weight excluding hydrogens is 382 g/mol. The Bertz CT molecular complexity index is 999. The zero-order valence-corrected chi connectivity index (χ0v) is 16.8. The molecule has 3 N–H and O–H groups in total. The molecule has 0 saturated carbocycles. The lowest BCUT2D eigenvalue weighted by molar-refractivity contribution is 0.0916. The number of aliphatic hydroxyl groups excluding tert-OH is 1. The quantitative estimate of drug-likeness (QED) is 0.555. The zero-order chi connectivity index (χ0) is 20.9. The number of aromatic nitrogens is 3. The van der Waals surface area contributed by atoms with Crippen molar-refractivity contribution in [2.24, 2.45) is 0 Å². The largest absolute Gasteiger partial charge is 0.394 e. The monoisotopic (exact) mass is 407 g/mol. The van der Waals surface area contributed by atoms with E-state index in [9.17, 15) is 9.90 Å². The van der Waals surface area contributed by atoms with Gasteiger partial charge in [0.25, 0.3) is 5.91 Å². The van der Waals surface area contributed by atoms with E-state index < -0.39 is 6.04 Å². The summed E-state index contributed by atoms with van der Waals surface area (Å²) in [6.07, 6.45) is 6.21. The van der Waals surface area contributed by atoms with Gasteiger partial charge in [0, 0.05) is 30.8 Å². The fourth-order valence-corrected chi connectivity index (χ4v) is 3.42. The van der Waals surface area contributed by atoms with E-state index in [4.69, 9.17) is 4.74 Å². The van der Waals surface area contributed by atoms with E-state index in [1.165, 1.54) is 0 Å². The summed E-state index contributed by atoms with van der Waals surface area (Å²) in [6.45, 7) is 3.13. The van der Waals surface area contributed by atoms with Gasteiger partial charge < -0.3 is 25.0 Å². The zero-order valence-electron chi connectivity index (χ0n) is 16.8. The highest BCUT2D eigenvalue weighted by atomic mass is 16.5. The molecule has 0 aliphatic carbocycles. The summed E-state index contributed by atoms with van der Waals surface area (Å²) in [5.41, 5.74) is 2.23. The number of benzene rings is 1. The van der Waals surface area contributed by atoms with Crippen LogP contribution in [0.3, 0.4) is 0 Å². The molecule has 1 saturated heterocycles. The third-order valence-corrected chi connectivity index (χ3v) is 5.10. The molecular formula is C22H25N5O3. The summed E-state index contributed by atoms with van der Waals surface area (Å²) in [5.74, 6) is 0.979. The summed E-state index contributed by atoms with van der Waals surface area (Å²) in [4.78, 5) is 21.7. The minimum Gasteiger partial charge on any atom is -0.394 e. The number of carbonyl (C=O) groups is 1. The first kappa shape index (κ1) is 20.1. The highest BCUT2D eigenvalue weighted by Crippen LogP contribution is 2.18. The molecule has 8 nitrogen and oxygen atoms in total. The summed E-state index contributed by atoms with van der Waals surface area (Å²) >= 11 is 0. The van der Waals surface area contributed by atoms with Crippen molar-refractivity contribution in [3.63, 3.8) is 0 Å². The molecule has 156 valence electrons. The van der Waals surface area contributed by atoms with E-state index >= 15 is 0 Å². The fraction of sp³-hybridized carbons (Fsp3) is 0.318. The lowest BCUT2D eigenvalue weighted by atomic mass is 10.1. The van der Waals surface area contributed by atoms with E-state index in [1.54, 1.807) is 29.2 Å². The van der Waals surface area contributed by atoms with Crippen LogP contribution in [0, 0.1) is 6.92 Å². The number of anilines is 1. The lowest BCUT2D eigenvalue weighted by Gasteiger charge is -2.16. The minimum absolute atomic E-state index is 0.179. The van der Waals surface area contributed by atoms with Crippen LogP contribution < -0.4 is 10.6 Å². The third-order valence-electron chi connectivity index (χ3n) is 5.10. The normalized spacial score (nSPS) is 16.9. The molecule has 0 spiro atoms. The smallest absolute Gasteiger partial charge is 0.253 e. The number of carbonyl (C=O) groups excluding carboxylic acids is 1. The second kappa shape index (κ2) is 9.06. The Labute approximate surface area is 174 Å². The summed E-state index contributed by atoms with van der Waals surface area (Å²) in [6, 6.07) is 10.9. The molecule has 1 aliphatic rings. The Morgan fingerprint density at radius 2 is 2.17 bits per heavy atom. The number of hydrogen-bond acceptors (Lipinski definition) is 6. The maximum absolute atomic E-state index is 12.7. The highest BCUT2D eigenvalue weighted by molar-refractivity contribution is 5.94. The maximum atomic E-state index is 12.7. The van der Waals surface area contributed by atoms with Crippen LogP contribution in [0.25, 0.3) is 5.82 Å². The number of rotatable bonds is 7. The van der Waals surface area contributed by atoms with Crippen LogP contribution in [0.2, 0.25) is 0 Å². The molecule has 0 radical (unpaired) electrons.